The summed E-state index contributed by atoms with van der Waals surface area (Å²) in [5.74, 6) is 1.42. The minimum absolute atomic E-state index is 0.0179. The number of fused-ring (bicyclic) bond motifs is 1. The number of nitrogens with one attached hydrogen (secondary N) is 1. The fraction of sp³-hybridized carbons (Fsp3) is 0.176. The van der Waals surface area contributed by atoms with Crippen LogP contribution in [0.15, 0.2) is 49.3 Å². The van der Waals surface area contributed by atoms with E-state index in [2.05, 4.69) is 33.9 Å². The molecule has 0 atom stereocenters. The van der Waals surface area contributed by atoms with Gasteiger partial charge in [-0.15, -0.1) is 0 Å². The Labute approximate surface area is 158 Å². The van der Waals surface area contributed by atoms with Crippen molar-refractivity contribution in [1.82, 2.24) is 28.3 Å². The SMILES string of the molecule is O=C(Nc1cccc2nsnc12)C1CN(c2cc(-n3ccnc3)ncn2)C1. The minimum atomic E-state index is -0.0986. The number of carbonyl (C=O) groups is 1. The molecule has 0 bridgehead atoms. The number of hydrogen-bond donors (Lipinski definition) is 1. The van der Waals surface area contributed by atoms with Gasteiger partial charge in [-0.2, -0.15) is 8.75 Å². The lowest BCUT2D eigenvalue weighted by Gasteiger charge is -2.39. The van der Waals surface area contributed by atoms with Crippen molar-refractivity contribution in [2.45, 2.75) is 0 Å². The van der Waals surface area contributed by atoms with Gasteiger partial charge in [0.15, 0.2) is 0 Å². The van der Waals surface area contributed by atoms with E-state index in [0.29, 0.717) is 18.8 Å². The van der Waals surface area contributed by atoms with Crippen LogP contribution in [0.1, 0.15) is 0 Å². The molecule has 1 aliphatic heterocycles. The molecule has 1 fully saturated rings. The smallest absolute Gasteiger partial charge is 0.231 e. The second kappa shape index (κ2) is 6.40. The summed E-state index contributed by atoms with van der Waals surface area (Å²) < 4.78 is 10.3. The molecule has 0 radical (unpaired) electrons. The lowest BCUT2D eigenvalue weighted by Crippen LogP contribution is -2.52. The van der Waals surface area contributed by atoms with Gasteiger partial charge in [-0.25, -0.2) is 15.0 Å². The first-order valence-corrected chi connectivity index (χ1v) is 9.08. The third kappa shape index (κ3) is 2.89. The van der Waals surface area contributed by atoms with Gasteiger partial charge in [0.2, 0.25) is 5.91 Å². The highest BCUT2D eigenvalue weighted by Gasteiger charge is 2.34. The standard InChI is InChI=1S/C17H14N8OS/c26-17(21-12-2-1-3-13-16(12)23-27-22-13)11-7-25(8-11)15-6-14(19-9-20-15)24-5-4-18-10-24/h1-6,9-11H,7-8H2,(H,21,26). The fourth-order valence-electron chi connectivity index (χ4n) is 3.02. The molecule has 0 unspecified atom stereocenters. The van der Waals surface area contributed by atoms with Gasteiger partial charge in [0.1, 0.15) is 35.3 Å². The molecular weight excluding hydrogens is 364 g/mol. The van der Waals surface area contributed by atoms with Crippen molar-refractivity contribution in [2.75, 3.05) is 23.3 Å². The Morgan fingerprint density at radius 3 is 2.93 bits per heavy atom. The topological polar surface area (TPSA) is 102 Å². The van der Waals surface area contributed by atoms with E-state index >= 15 is 0 Å². The molecule has 134 valence electrons. The van der Waals surface area contributed by atoms with Gasteiger partial charge in [0, 0.05) is 31.5 Å². The van der Waals surface area contributed by atoms with Crippen molar-refractivity contribution >= 4 is 40.2 Å². The van der Waals surface area contributed by atoms with E-state index in [9.17, 15) is 4.79 Å². The molecule has 27 heavy (non-hydrogen) atoms. The van der Waals surface area contributed by atoms with Crippen molar-refractivity contribution in [3.05, 3.63) is 49.3 Å². The summed E-state index contributed by atoms with van der Waals surface area (Å²) in [4.78, 5) is 27.2. The van der Waals surface area contributed by atoms with E-state index in [-0.39, 0.29) is 11.8 Å². The molecule has 9 nitrogen and oxygen atoms in total. The molecule has 0 saturated carbocycles. The molecule has 4 aromatic rings. The van der Waals surface area contributed by atoms with Crippen LogP contribution in [0.5, 0.6) is 0 Å². The minimum Gasteiger partial charge on any atom is -0.355 e. The third-order valence-electron chi connectivity index (χ3n) is 4.53. The van der Waals surface area contributed by atoms with Crippen LogP contribution in [0.25, 0.3) is 16.9 Å². The molecule has 5 rings (SSSR count). The molecule has 0 aliphatic carbocycles. The lowest BCUT2D eigenvalue weighted by molar-refractivity contribution is -0.120. The second-order valence-electron chi connectivity index (χ2n) is 6.23. The van der Waals surface area contributed by atoms with Gasteiger partial charge in [-0.3, -0.25) is 9.36 Å². The monoisotopic (exact) mass is 378 g/mol. The van der Waals surface area contributed by atoms with Gasteiger partial charge in [-0.1, -0.05) is 6.07 Å². The van der Waals surface area contributed by atoms with Crippen molar-refractivity contribution in [3.8, 4) is 5.82 Å². The average molecular weight is 378 g/mol. The van der Waals surface area contributed by atoms with Crippen LogP contribution in [-0.4, -0.2) is 47.3 Å². The molecule has 1 aromatic carbocycles. The summed E-state index contributed by atoms with van der Waals surface area (Å²) in [6.45, 7) is 1.22. The Hall–Kier alpha value is -3.40. The largest absolute Gasteiger partial charge is 0.355 e. The number of anilines is 2. The number of hydrogen-bond acceptors (Lipinski definition) is 8. The predicted molar refractivity (Wildman–Crippen MR) is 101 cm³/mol. The zero-order valence-electron chi connectivity index (χ0n) is 14.1. The van der Waals surface area contributed by atoms with Crippen molar-refractivity contribution in [1.29, 1.82) is 0 Å². The highest BCUT2D eigenvalue weighted by atomic mass is 32.1. The van der Waals surface area contributed by atoms with Gasteiger partial charge in [0.25, 0.3) is 0 Å². The Bertz CT molecular complexity index is 1100. The Morgan fingerprint density at radius 2 is 2.07 bits per heavy atom. The summed E-state index contributed by atoms with van der Waals surface area (Å²) >= 11 is 1.14. The summed E-state index contributed by atoms with van der Waals surface area (Å²) in [6, 6.07) is 7.48. The summed E-state index contributed by atoms with van der Waals surface area (Å²) in [7, 11) is 0. The lowest BCUT2D eigenvalue weighted by atomic mass is 9.99. The molecule has 1 saturated heterocycles. The normalized spacial score (nSPS) is 14.3. The number of nitrogens with zero attached hydrogens (tertiary/aromatic N) is 7. The Balaban J connectivity index is 1.26. The molecule has 10 heteroatoms. The summed E-state index contributed by atoms with van der Waals surface area (Å²) in [5, 5.41) is 2.97. The molecule has 1 aliphatic rings. The van der Waals surface area contributed by atoms with Crippen LogP contribution >= 0.6 is 11.7 Å². The van der Waals surface area contributed by atoms with E-state index in [4.69, 9.17) is 0 Å². The van der Waals surface area contributed by atoms with E-state index in [0.717, 1.165) is 34.4 Å². The number of amides is 1. The second-order valence-corrected chi connectivity index (χ2v) is 6.76. The highest BCUT2D eigenvalue weighted by Crippen LogP contribution is 2.26. The number of imidazole rings is 1. The van der Waals surface area contributed by atoms with E-state index < -0.39 is 0 Å². The molecule has 4 heterocycles. The maximum Gasteiger partial charge on any atom is 0.231 e. The first kappa shape index (κ1) is 15.8. The van der Waals surface area contributed by atoms with Gasteiger partial charge < -0.3 is 10.2 Å². The van der Waals surface area contributed by atoms with E-state index in [1.54, 1.807) is 12.5 Å². The van der Waals surface area contributed by atoms with Crippen molar-refractivity contribution in [2.24, 2.45) is 5.92 Å². The van der Waals surface area contributed by atoms with Crippen molar-refractivity contribution < 1.29 is 4.79 Å². The first-order valence-electron chi connectivity index (χ1n) is 8.35. The molecule has 1 N–H and O–H groups in total. The van der Waals surface area contributed by atoms with Crippen LogP contribution in [0.4, 0.5) is 11.5 Å². The summed E-state index contributed by atoms with van der Waals surface area (Å²) in [6.07, 6.45) is 6.73. The Morgan fingerprint density at radius 1 is 1.19 bits per heavy atom. The van der Waals surface area contributed by atoms with Gasteiger partial charge in [0.05, 0.1) is 23.3 Å². The van der Waals surface area contributed by atoms with E-state index in [1.807, 2.05) is 35.0 Å². The van der Waals surface area contributed by atoms with E-state index in [1.165, 1.54) is 6.33 Å². The molecular formula is C17H14N8OS. The molecule has 0 spiro atoms. The van der Waals surface area contributed by atoms with Crippen LogP contribution in [0, 0.1) is 5.92 Å². The quantitative estimate of drug-likeness (QED) is 0.577. The third-order valence-corrected chi connectivity index (χ3v) is 5.07. The number of aromatic nitrogens is 6. The highest BCUT2D eigenvalue weighted by molar-refractivity contribution is 7.00. The number of benzene rings is 1. The maximum atomic E-state index is 12.6. The average Bonchev–Trinajstić information content (AvgIpc) is 3.33. The van der Waals surface area contributed by atoms with Crippen LogP contribution in [0.3, 0.4) is 0 Å². The number of carbonyl (C=O) groups excluding carboxylic acids is 1. The fourth-order valence-corrected chi connectivity index (χ4v) is 3.57. The van der Waals surface area contributed by atoms with Gasteiger partial charge in [-0.05, 0) is 12.1 Å². The van der Waals surface area contributed by atoms with Crippen molar-refractivity contribution in [3.63, 3.8) is 0 Å². The maximum absolute atomic E-state index is 12.6. The van der Waals surface area contributed by atoms with Crippen LogP contribution in [-0.2, 0) is 4.79 Å². The zero-order chi connectivity index (χ0) is 18.2. The summed E-state index contributed by atoms with van der Waals surface area (Å²) in [5.41, 5.74) is 2.22. The Kier molecular flexibility index (Phi) is 3.75. The number of rotatable bonds is 4. The molecule has 3 aromatic heterocycles. The zero-order valence-corrected chi connectivity index (χ0v) is 14.9. The molecule has 1 amide bonds. The van der Waals surface area contributed by atoms with Crippen LogP contribution < -0.4 is 10.2 Å². The van der Waals surface area contributed by atoms with Gasteiger partial charge >= 0.3 is 0 Å². The first-order chi connectivity index (χ1) is 13.3. The predicted octanol–water partition coefficient (Wildman–Crippen LogP) is 1.74. The van der Waals surface area contributed by atoms with Crippen LogP contribution in [0.2, 0.25) is 0 Å².